The average Bonchev–Trinajstić information content (AvgIpc) is 2.17. The van der Waals surface area contributed by atoms with Gasteiger partial charge in [0.05, 0.1) is 0 Å². The Bertz CT molecular complexity index is 297. The zero-order chi connectivity index (χ0) is 9.68. The fourth-order valence-electron chi connectivity index (χ4n) is 1.12. The molecule has 0 aliphatic heterocycles. The van der Waals surface area contributed by atoms with Gasteiger partial charge in [0.25, 0.3) is 0 Å². The number of benzene rings is 1. The van der Waals surface area contributed by atoms with Crippen molar-refractivity contribution in [2.45, 2.75) is 12.8 Å². The quantitative estimate of drug-likeness (QED) is 0.614. The molecule has 0 aliphatic rings. The van der Waals surface area contributed by atoms with Gasteiger partial charge in [0.2, 0.25) is 0 Å². The average molecular weight is 306 g/mol. The minimum Gasteiger partial charge on any atom is -0.298 e. The number of aldehydes is 1. The molecular formula is C10H10Br2O. The lowest BCUT2D eigenvalue weighted by atomic mass is 10.1. The molecule has 0 aliphatic carbocycles. The zero-order valence-corrected chi connectivity index (χ0v) is 10.3. The van der Waals surface area contributed by atoms with E-state index in [0.29, 0.717) is 0 Å². The first-order valence-electron chi connectivity index (χ1n) is 4.07. The topological polar surface area (TPSA) is 17.1 Å². The molecule has 0 amide bonds. The summed E-state index contributed by atoms with van der Waals surface area (Å²) in [5.41, 5.74) is 1.94. The Hall–Kier alpha value is -0.150. The summed E-state index contributed by atoms with van der Waals surface area (Å²) in [6, 6.07) is 5.67. The predicted octanol–water partition coefficient (Wildman–Crippen LogP) is 3.59. The highest BCUT2D eigenvalue weighted by Crippen LogP contribution is 2.19. The van der Waals surface area contributed by atoms with Gasteiger partial charge in [0, 0.05) is 15.4 Å². The van der Waals surface area contributed by atoms with E-state index in [1.54, 1.807) is 0 Å². The summed E-state index contributed by atoms with van der Waals surface area (Å²) in [6.45, 7) is 0. The molecule has 0 bridgehead atoms. The van der Waals surface area contributed by atoms with Crippen LogP contribution in [-0.4, -0.2) is 11.6 Å². The van der Waals surface area contributed by atoms with Crippen molar-refractivity contribution in [1.82, 2.24) is 0 Å². The molecular weight excluding hydrogens is 296 g/mol. The second-order valence-electron chi connectivity index (χ2n) is 2.76. The van der Waals surface area contributed by atoms with Crippen LogP contribution in [0.1, 0.15) is 22.3 Å². The van der Waals surface area contributed by atoms with Gasteiger partial charge in [-0.2, -0.15) is 0 Å². The summed E-state index contributed by atoms with van der Waals surface area (Å²) < 4.78 is 1.08. The first kappa shape index (κ1) is 10.9. The Balaban J connectivity index is 2.83. The second kappa shape index (κ2) is 5.55. The first-order valence-corrected chi connectivity index (χ1v) is 5.99. The summed E-state index contributed by atoms with van der Waals surface area (Å²) in [5.74, 6) is 0. The molecule has 0 radical (unpaired) electrons. The minimum absolute atomic E-state index is 0.743. The molecule has 0 aromatic heterocycles. The molecule has 13 heavy (non-hydrogen) atoms. The van der Waals surface area contributed by atoms with Crippen molar-refractivity contribution in [1.29, 1.82) is 0 Å². The van der Waals surface area contributed by atoms with Gasteiger partial charge < -0.3 is 0 Å². The third-order valence-corrected chi connectivity index (χ3v) is 3.12. The van der Waals surface area contributed by atoms with Crippen LogP contribution in [0.2, 0.25) is 0 Å². The van der Waals surface area contributed by atoms with Gasteiger partial charge in [-0.05, 0) is 30.5 Å². The molecule has 0 saturated carbocycles. The van der Waals surface area contributed by atoms with E-state index in [2.05, 4.69) is 31.9 Å². The number of halogens is 2. The fraction of sp³-hybridized carbons (Fsp3) is 0.300. The van der Waals surface area contributed by atoms with Crippen LogP contribution in [0, 0.1) is 0 Å². The molecule has 1 aromatic carbocycles. The molecule has 1 aromatic rings. The molecule has 0 spiro atoms. The zero-order valence-electron chi connectivity index (χ0n) is 7.09. The Kier molecular flexibility index (Phi) is 4.67. The number of carbonyl (C=O) groups excluding carboxylic acids is 1. The number of rotatable bonds is 4. The third kappa shape index (κ3) is 3.24. The second-order valence-corrected chi connectivity index (χ2v) is 4.41. The van der Waals surface area contributed by atoms with Crippen molar-refractivity contribution in [2.75, 3.05) is 5.33 Å². The van der Waals surface area contributed by atoms with E-state index in [1.807, 2.05) is 18.2 Å². The van der Waals surface area contributed by atoms with Crippen LogP contribution in [0.5, 0.6) is 0 Å². The lowest BCUT2D eigenvalue weighted by Gasteiger charge is -2.03. The van der Waals surface area contributed by atoms with Crippen LogP contribution < -0.4 is 0 Å². The predicted molar refractivity (Wildman–Crippen MR) is 61.6 cm³/mol. The Labute approximate surface area is 94.8 Å². The maximum absolute atomic E-state index is 10.5. The number of aryl methyl sites for hydroxylation is 1. The highest BCUT2D eigenvalue weighted by atomic mass is 79.9. The number of carbonyl (C=O) groups is 1. The Morgan fingerprint density at radius 2 is 2.15 bits per heavy atom. The van der Waals surface area contributed by atoms with Gasteiger partial charge in [-0.25, -0.2) is 0 Å². The SMILES string of the molecule is O=Cc1ccc(Br)c(CCCBr)c1. The van der Waals surface area contributed by atoms with Crippen molar-refractivity contribution in [3.63, 3.8) is 0 Å². The summed E-state index contributed by atoms with van der Waals surface area (Å²) in [4.78, 5) is 10.5. The first-order chi connectivity index (χ1) is 6.27. The van der Waals surface area contributed by atoms with Crippen LogP contribution in [0.3, 0.4) is 0 Å². The highest BCUT2D eigenvalue weighted by Gasteiger charge is 2.00. The van der Waals surface area contributed by atoms with E-state index in [4.69, 9.17) is 0 Å². The molecule has 0 fully saturated rings. The van der Waals surface area contributed by atoms with Crippen LogP contribution in [0.25, 0.3) is 0 Å². The normalized spacial score (nSPS) is 10.0. The summed E-state index contributed by atoms with van der Waals surface area (Å²) >= 11 is 6.84. The lowest BCUT2D eigenvalue weighted by molar-refractivity contribution is 0.112. The van der Waals surface area contributed by atoms with E-state index >= 15 is 0 Å². The van der Waals surface area contributed by atoms with Crippen molar-refractivity contribution in [3.05, 3.63) is 33.8 Å². The molecule has 0 N–H and O–H groups in total. The molecule has 3 heteroatoms. The molecule has 0 unspecified atom stereocenters. The van der Waals surface area contributed by atoms with Crippen LogP contribution in [0.15, 0.2) is 22.7 Å². The van der Waals surface area contributed by atoms with Crippen molar-refractivity contribution in [3.8, 4) is 0 Å². The van der Waals surface area contributed by atoms with E-state index < -0.39 is 0 Å². The number of hydrogen-bond donors (Lipinski definition) is 0. The summed E-state index contributed by atoms with van der Waals surface area (Å²) in [6.07, 6.45) is 2.96. The largest absolute Gasteiger partial charge is 0.298 e. The maximum Gasteiger partial charge on any atom is 0.150 e. The van der Waals surface area contributed by atoms with Crippen LogP contribution >= 0.6 is 31.9 Å². The highest BCUT2D eigenvalue weighted by molar-refractivity contribution is 9.10. The smallest absolute Gasteiger partial charge is 0.150 e. The summed E-state index contributed by atoms with van der Waals surface area (Å²) in [7, 11) is 0. The molecule has 0 saturated heterocycles. The lowest BCUT2D eigenvalue weighted by Crippen LogP contribution is -1.90. The van der Waals surface area contributed by atoms with Crippen LogP contribution in [0.4, 0.5) is 0 Å². The minimum atomic E-state index is 0.743. The third-order valence-electron chi connectivity index (χ3n) is 1.79. The molecule has 0 atom stereocenters. The fourth-order valence-corrected chi connectivity index (χ4v) is 1.84. The van der Waals surface area contributed by atoms with E-state index in [9.17, 15) is 4.79 Å². The monoisotopic (exact) mass is 304 g/mol. The summed E-state index contributed by atoms with van der Waals surface area (Å²) in [5, 5.41) is 0.991. The molecule has 1 nitrogen and oxygen atoms in total. The van der Waals surface area contributed by atoms with Crippen LogP contribution in [-0.2, 0) is 6.42 Å². The van der Waals surface area contributed by atoms with Crippen molar-refractivity contribution >= 4 is 38.1 Å². The van der Waals surface area contributed by atoms with E-state index in [-0.39, 0.29) is 0 Å². The van der Waals surface area contributed by atoms with Gasteiger partial charge in [-0.3, -0.25) is 4.79 Å². The number of alkyl halides is 1. The van der Waals surface area contributed by atoms with Gasteiger partial charge in [-0.15, -0.1) is 0 Å². The van der Waals surface area contributed by atoms with E-state index in [1.165, 1.54) is 5.56 Å². The maximum atomic E-state index is 10.5. The van der Waals surface area contributed by atoms with Gasteiger partial charge >= 0.3 is 0 Å². The molecule has 70 valence electrons. The Morgan fingerprint density at radius 1 is 1.38 bits per heavy atom. The Morgan fingerprint density at radius 3 is 2.77 bits per heavy atom. The molecule has 1 rings (SSSR count). The van der Waals surface area contributed by atoms with E-state index in [0.717, 1.165) is 34.5 Å². The van der Waals surface area contributed by atoms with Gasteiger partial charge in [-0.1, -0.05) is 37.9 Å². The van der Waals surface area contributed by atoms with Crippen molar-refractivity contribution in [2.24, 2.45) is 0 Å². The standard InChI is InChI=1S/C10H10Br2O/c11-5-1-2-9-6-8(7-13)3-4-10(9)12/h3-4,6-7H,1-2,5H2. The van der Waals surface area contributed by atoms with Gasteiger partial charge in [0.15, 0.2) is 0 Å². The number of hydrogen-bond acceptors (Lipinski definition) is 1. The van der Waals surface area contributed by atoms with Crippen molar-refractivity contribution < 1.29 is 4.79 Å². The van der Waals surface area contributed by atoms with Gasteiger partial charge in [0.1, 0.15) is 6.29 Å². The molecule has 0 heterocycles.